The Morgan fingerprint density at radius 3 is 2.33 bits per heavy atom. The quantitative estimate of drug-likeness (QED) is 0.384. The molecule has 3 amide bonds. The zero-order chi connectivity index (χ0) is 29.5. The van der Waals surface area contributed by atoms with Crippen molar-refractivity contribution in [1.29, 1.82) is 0 Å². The molecule has 3 aromatic rings. The van der Waals surface area contributed by atoms with Crippen molar-refractivity contribution in [2.24, 2.45) is 0 Å². The normalized spacial score (nSPS) is 18.5. The van der Waals surface area contributed by atoms with Crippen LogP contribution in [0.25, 0.3) is 0 Å². The van der Waals surface area contributed by atoms with E-state index >= 15 is 0 Å². The lowest BCUT2D eigenvalue weighted by molar-refractivity contribution is -0.161. The summed E-state index contributed by atoms with van der Waals surface area (Å²) in [5.41, 5.74) is 1.73. The van der Waals surface area contributed by atoms with Crippen LogP contribution in [0.4, 0.5) is 0 Å². The highest BCUT2D eigenvalue weighted by atomic mass is 16.5. The maximum atomic E-state index is 13.7. The minimum Gasteiger partial charge on any atom is -0.457 e. The summed E-state index contributed by atoms with van der Waals surface area (Å²) in [5, 5.41) is 5.67. The van der Waals surface area contributed by atoms with Crippen molar-refractivity contribution in [3.05, 3.63) is 89.7 Å². The monoisotopic (exact) mass is 569 g/mol. The number of nitrogens with zero attached hydrogens (tertiary/aromatic N) is 3. The average Bonchev–Trinajstić information content (AvgIpc) is 3.02. The van der Waals surface area contributed by atoms with E-state index in [0.717, 1.165) is 43.7 Å². The smallest absolute Gasteiger partial charge is 0.251 e. The number of rotatable bonds is 10. The van der Waals surface area contributed by atoms with Crippen LogP contribution >= 0.6 is 0 Å². The molecular formula is C33H39N5O4. The summed E-state index contributed by atoms with van der Waals surface area (Å²) in [6.45, 7) is 4.91. The summed E-state index contributed by atoms with van der Waals surface area (Å²) in [6, 6.07) is 20.0. The number of piperazine rings is 1. The predicted octanol–water partition coefficient (Wildman–Crippen LogP) is 3.94. The van der Waals surface area contributed by atoms with Crippen LogP contribution in [0, 0.1) is 0 Å². The van der Waals surface area contributed by atoms with E-state index < -0.39 is 11.6 Å². The summed E-state index contributed by atoms with van der Waals surface area (Å²) in [4.78, 5) is 47.6. The third kappa shape index (κ3) is 6.46. The first-order valence-corrected chi connectivity index (χ1v) is 14.8. The molecule has 2 N–H and O–H groups in total. The maximum Gasteiger partial charge on any atom is 0.251 e. The number of hydrogen-bond acceptors (Lipinski definition) is 6. The Hall–Kier alpha value is -4.24. The van der Waals surface area contributed by atoms with Gasteiger partial charge in [0.2, 0.25) is 11.8 Å². The van der Waals surface area contributed by atoms with Crippen LogP contribution < -0.4 is 15.4 Å². The SMILES string of the molecule is CCCCN1C(=O)[C@H](Cc2ccccn2)NC(=O)C12CCN(Cc1ccc(Oc3ccc(C(=O)NC)cc3)cc1)CC2. The Morgan fingerprint density at radius 1 is 1.02 bits per heavy atom. The van der Waals surface area contributed by atoms with Crippen LogP contribution in [0.1, 0.15) is 54.2 Å². The van der Waals surface area contributed by atoms with Crippen LogP contribution in [0.15, 0.2) is 72.9 Å². The zero-order valence-corrected chi connectivity index (χ0v) is 24.3. The topological polar surface area (TPSA) is 104 Å². The molecule has 2 aliphatic heterocycles. The number of amides is 3. The number of carbonyl (C=O) groups excluding carboxylic acids is 3. The molecule has 5 rings (SSSR count). The number of ether oxygens (including phenoxy) is 1. The lowest BCUT2D eigenvalue weighted by Crippen LogP contribution is -2.73. The van der Waals surface area contributed by atoms with Gasteiger partial charge in [-0.3, -0.25) is 24.3 Å². The molecule has 0 radical (unpaired) electrons. The molecule has 2 aliphatic rings. The molecule has 1 atom stereocenters. The Morgan fingerprint density at radius 2 is 1.71 bits per heavy atom. The van der Waals surface area contributed by atoms with Crippen molar-refractivity contribution in [2.45, 2.75) is 57.2 Å². The number of benzene rings is 2. The second-order valence-corrected chi connectivity index (χ2v) is 11.1. The van der Waals surface area contributed by atoms with E-state index in [0.29, 0.717) is 42.9 Å². The fraction of sp³-hybridized carbons (Fsp3) is 0.394. The highest BCUT2D eigenvalue weighted by molar-refractivity contribution is 6.00. The Balaban J connectivity index is 1.19. The van der Waals surface area contributed by atoms with E-state index in [9.17, 15) is 14.4 Å². The third-order valence-corrected chi connectivity index (χ3v) is 8.28. The van der Waals surface area contributed by atoms with Gasteiger partial charge in [-0.15, -0.1) is 0 Å². The van der Waals surface area contributed by atoms with Gasteiger partial charge in [-0.1, -0.05) is 31.5 Å². The van der Waals surface area contributed by atoms with Crippen molar-refractivity contribution in [3.63, 3.8) is 0 Å². The Labute approximate surface area is 247 Å². The van der Waals surface area contributed by atoms with E-state index in [2.05, 4.69) is 27.4 Å². The lowest BCUT2D eigenvalue weighted by atomic mass is 9.81. The number of pyridine rings is 1. The standard InChI is InChI=1S/C33H39N5O4/c1-3-4-19-38-31(40)29(22-26-7-5-6-18-35-26)36-32(41)33(38)16-20-37(21-17-33)23-24-8-12-27(13-9-24)42-28-14-10-25(11-15-28)30(39)34-2/h5-15,18,29H,3-4,16-17,19-23H2,1-2H3,(H,34,39)(H,36,41)/t29-/m0/s1. The van der Waals surface area contributed by atoms with Gasteiger partial charge in [0.1, 0.15) is 23.1 Å². The number of likely N-dealkylation sites (tertiary alicyclic amines) is 1. The first-order valence-electron chi connectivity index (χ1n) is 14.8. The number of aromatic nitrogens is 1. The molecule has 9 nitrogen and oxygen atoms in total. The van der Waals surface area contributed by atoms with E-state index in [1.807, 2.05) is 47.4 Å². The van der Waals surface area contributed by atoms with E-state index in [1.165, 1.54) is 0 Å². The summed E-state index contributed by atoms with van der Waals surface area (Å²) >= 11 is 0. The minimum absolute atomic E-state index is 0.000936. The van der Waals surface area contributed by atoms with E-state index in [1.54, 1.807) is 37.5 Å². The molecule has 0 unspecified atom stereocenters. The summed E-state index contributed by atoms with van der Waals surface area (Å²) in [5.74, 6) is 1.20. The first-order chi connectivity index (χ1) is 20.4. The summed E-state index contributed by atoms with van der Waals surface area (Å²) in [6.07, 6.45) is 5.16. The lowest BCUT2D eigenvalue weighted by Gasteiger charge is -2.51. The maximum absolute atomic E-state index is 13.7. The number of carbonyl (C=O) groups is 3. The molecule has 3 heterocycles. The van der Waals surface area contributed by atoms with E-state index in [4.69, 9.17) is 4.74 Å². The second-order valence-electron chi connectivity index (χ2n) is 11.1. The van der Waals surface area contributed by atoms with Crippen molar-refractivity contribution in [3.8, 4) is 11.5 Å². The van der Waals surface area contributed by atoms with Crippen LogP contribution in [0.5, 0.6) is 11.5 Å². The van der Waals surface area contributed by atoms with Crippen molar-refractivity contribution in [2.75, 3.05) is 26.7 Å². The van der Waals surface area contributed by atoms with Crippen LogP contribution in [0.3, 0.4) is 0 Å². The second kappa shape index (κ2) is 13.2. The van der Waals surface area contributed by atoms with E-state index in [-0.39, 0.29) is 17.7 Å². The largest absolute Gasteiger partial charge is 0.457 e. The van der Waals surface area contributed by atoms with Crippen molar-refractivity contribution >= 4 is 17.7 Å². The fourth-order valence-electron chi connectivity index (χ4n) is 5.84. The molecule has 2 fully saturated rings. The molecule has 1 spiro atoms. The van der Waals surface area contributed by atoms with Gasteiger partial charge in [0, 0.05) is 57.1 Å². The molecule has 2 aromatic carbocycles. The minimum atomic E-state index is -0.797. The van der Waals surface area contributed by atoms with Gasteiger partial charge in [-0.2, -0.15) is 0 Å². The van der Waals surface area contributed by atoms with Crippen LogP contribution in [0.2, 0.25) is 0 Å². The number of nitrogens with one attached hydrogen (secondary N) is 2. The molecule has 0 saturated carbocycles. The molecule has 2 saturated heterocycles. The van der Waals surface area contributed by atoms with Crippen molar-refractivity contribution in [1.82, 2.24) is 25.4 Å². The van der Waals surface area contributed by atoms with Crippen LogP contribution in [-0.4, -0.2) is 70.8 Å². The zero-order valence-electron chi connectivity index (χ0n) is 24.3. The molecule has 42 heavy (non-hydrogen) atoms. The Bertz CT molecular complexity index is 1370. The molecule has 1 aromatic heterocycles. The molecule has 9 heteroatoms. The third-order valence-electron chi connectivity index (χ3n) is 8.28. The van der Waals surface area contributed by atoms with Gasteiger partial charge in [-0.25, -0.2) is 0 Å². The molecule has 220 valence electrons. The van der Waals surface area contributed by atoms with Gasteiger partial charge in [0.05, 0.1) is 0 Å². The number of piperidine rings is 1. The van der Waals surface area contributed by atoms with Gasteiger partial charge >= 0.3 is 0 Å². The Kier molecular flexibility index (Phi) is 9.17. The van der Waals surface area contributed by atoms with Gasteiger partial charge in [0.25, 0.3) is 5.91 Å². The average molecular weight is 570 g/mol. The molecule has 0 aliphatic carbocycles. The predicted molar refractivity (Wildman–Crippen MR) is 160 cm³/mol. The summed E-state index contributed by atoms with van der Waals surface area (Å²) in [7, 11) is 1.60. The molecular weight excluding hydrogens is 530 g/mol. The number of hydrogen-bond donors (Lipinski definition) is 2. The van der Waals surface area contributed by atoms with Gasteiger partial charge in [-0.05, 0) is 73.4 Å². The van der Waals surface area contributed by atoms with Gasteiger partial charge in [0.15, 0.2) is 0 Å². The molecule has 0 bridgehead atoms. The number of unbranched alkanes of at least 4 members (excludes halogenated alkanes) is 1. The van der Waals surface area contributed by atoms with Crippen LogP contribution in [-0.2, 0) is 22.6 Å². The highest BCUT2D eigenvalue weighted by Gasteiger charge is 2.53. The highest BCUT2D eigenvalue weighted by Crippen LogP contribution is 2.34. The van der Waals surface area contributed by atoms with Gasteiger partial charge < -0.3 is 20.3 Å². The van der Waals surface area contributed by atoms with Crippen molar-refractivity contribution < 1.29 is 19.1 Å². The first kappa shape index (κ1) is 29.3. The fourth-order valence-corrected chi connectivity index (χ4v) is 5.84. The summed E-state index contributed by atoms with van der Waals surface area (Å²) < 4.78 is 5.95.